The quantitative estimate of drug-likeness (QED) is 0.797. The Balaban J connectivity index is 2.01. The number of hydrogen-bond acceptors (Lipinski definition) is 5. The van der Waals surface area contributed by atoms with Gasteiger partial charge in [-0.25, -0.2) is 0 Å². The van der Waals surface area contributed by atoms with E-state index in [1.807, 2.05) is 0 Å². The van der Waals surface area contributed by atoms with Gasteiger partial charge in [0.05, 0.1) is 18.4 Å². The predicted molar refractivity (Wildman–Crippen MR) is 84.4 cm³/mol. The van der Waals surface area contributed by atoms with E-state index in [1.54, 1.807) is 18.2 Å². The molecule has 0 aliphatic carbocycles. The number of hydrogen-bond donors (Lipinski definition) is 2. The molecule has 6 nitrogen and oxygen atoms in total. The highest BCUT2D eigenvalue weighted by Gasteiger charge is 2.19. The summed E-state index contributed by atoms with van der Waals surface area (Å²) in [6, 6.07) is 4.30. The monoisotopic (exact) mass is 328 g/mol. The van der Waals surface area contributed by atoms with Crippen LogP contribution in [-0.2, 0) is 14.3 Å². The van der Waals surface area contributed by atoms with Crippen molar-refractivity contribution in [3.63, 3.8) is 0 Å². The first kappa shape index (κ1) is 17.0. The fourth-order valence-corrected chi connectivity index (χ4v) is 2.34. The van der Waals surface area contributed by atoms with E-state index in [1.165, 1.54) is 7.11 Å². The van der Waals surface area contributed by atoms with Gasteiger partial charge in [0.15, 0.2) is 0 Å². The van der Waals surface area contributed by atoms with Gasteiger partial charge in [0, 0.05) is 18.7 Å². The topological polar surface area (TPSA) is 82.8 Å². The molecule has 1 heterocycles. The minimum Gasteiger partial charge on any atom is -0.489 e. The van der Waals surface area contributed by atoms with Crippen LogP contribution in [0.3, 0.4) is 0 Å². The maximum atomic E-state index is 12.0. The Morgan fingerprint density at radius 1 is 1.59 bits per heavy atom. The Kier molecular flexibility index (Phi) is 6.45. The van der Waals surface area contributed by atoms with Crippen LogP contribution in [0.5, 0.6) is 5.75 Å². The van der Waals surface area contributed by atoms with Crippen LogP contribution in [0, 0.1) is 0 Å². The van der Waals surface area contributed by atoms with Crippen molar-refractivity contribution in [2.24, 2.45) is 5.73 Å². The summed E-state index contributed by atoms with van der Waals surface area (Å²) < 4.78 is 16.1. The Hall–Kier alpha value is -1.34. The fraction of sp³-hybridized carbons (Fsp3) is 0.533. The lowest BCUT2D eigenvalue weighted by Crippen LogP contribution is -2.39. The first-order valence-electron chi connectivity index (χ1n) is 7.19. The number of ether oxygens (including phenoxy) is 3. The minimum atomic E-state index is -0.755. The molecule has 2 rings (SSSR count). The van der Waals surface area contributed by atoms with Crippen molar-refractivity contribution in [1.82, 2.24) is 0 Å². The van der Waals surface area contributed by atoms with Gasteiger partial charge in [-0.05, 0) is 31.0 Å². The molecule has 1 aromatic carbocycles. The van der Waals surface area contributed by atoms with Crippen LogP contribution in [0.4, 0.5) is 5.69 Å². The zero-order chi connectivity index (χ0) is 15.9. The number of nitrogens with two attached hydrogens (primary N) is 1. The van der Waals surface area contributed by atoms with E-state index in [-0.39, 0.29) is 18.6 Å². The van der Waals surface area contributed by atoms with E-state index in [4.69, 9.17) is 31.5 Å². The third-order valence-electron chi connectivity index (χ3n) is 3.33. The summed E-state index contributed by atoms with van der Waals surface area (Å²) in [5.74, 6) is 0.184. The van der Waals surface area contributed by atoms with E-state index in [9.17, 15) is 4.79 Å². The number of halogens is 1. The molecule has 3 N–H and O–H groups in total. The zero-order valence-electron chi connectivity index (χ0n) is 12.5. The van der Waals surface area contributed by atoms with Crippen molar-refractivity contribution in [1.29, 1.82) is 0 Å². The summed E-state index contributed by atoms with van der Waals surface area (Å²) in [6.45, 7) is 1.34. The molecule has 0 radical (unpaired) electrons. The molecule has 0 saturated carbocycles. The maximum Gasteiger partial charge on any atom is 0.243 e. The molecule has 1 saturated heterocycles. The van der Waals surface area contributed by atoms with Crippen LogP contribution in [0.15, 0.2) is 18.2 Å². The van der Waals surface area contributed by atoms with Crippen LogP contribution in [0.25, 0.3) is 0 Å². The Morgan fingerprint density at radius 2 is 2.41 bits per heavy atom. The van der Waals surface area contributed by atoms with E-state index in [0.29, 0.717) is 23.1 Å². The number of nitrogens with one attached hydrogen (secondary N) is 1. The molecule has 1 amide bonds. The summed E-state index contributed by atoms with van der Waals surface area (Å²) in [5.41, 5.74) is 6.19. The van der Waals surface area contributed by atoms with Crippen molar-refractivity contribution in [2.45, 2.75) is 25.0 Å². The lowest BCUT2D eigenvalue weighted by atomic mass is 10.2. The number of carbonyl (C=O) groups excluding carboxylic acids is 1. The van der Waals surface area contributed by atoms with Gasteiger partial charge in [-0.2, -0.15) is 0 Å². The number of methoxy groups -OCH3 is 1. The van der Waals surface area contributed by atoms with Gasteiger partial charge in [0.25, 0.3) is 0 Å². The molecule has 122 valence electrons. The average molecular weight is 329 g/mol. The molecule has 22 heavy (non-hydrogen) atoms. The minimum absolute atomic E-state index is 0.0926. The third kappa shape index (κ3) is 4.84. The summed E-state index contributed by atoms with van der Waals surface area (Å²) >= 11 is 5.98. The van der Waals surface area contributed by atoms with Gasteiger partial charge >= 0.3 is 0 Å². The van der Waals surface area contributed by atoms with Gasteiger partial charge < -0.3 is 25.3 Å². The second-order valence-corrected chi connectivity index (χ2v) is 5.57. The Bertz CT molecular complexity index is 506. The first-order chi connectivity index (χ1) is 10.6. The largest absolute Gasteiger partial charge is 0.489 e. The smallest absolute Gasteiger partial charge is 0.243 e. The van der Waals surface area contributed by atoms with Crippen LogP contribution < -0.4 is 15.8 Å². The highest BCUT2D eigenvalue weighted by Crippen LogP contribution is 2.29. The standard InChI is InChI=1S/C15H21ClN2O4/c1-20-9-12(17)15(19)18-13-7-10(16)4-5-14(13)22-8-11-3-2-6-21-11/h4-5,7,11-12H,2-3,6,8-9,17H2,1H3,(H,18,19). The normalized spacial score (nSPS) is 19.0. The molecule has 2 atom stereocenters. The molecule has 1 aliphatic rings. The SMILES string of the molecule is COCC(N)C(=O)Nc1cc(Cl)ccc1OCC1CCCO1. The lowest BCUT2D eigenvalue weighted by Gasteiger charge is -2.17. The number of anilines is 1. The number of rotatable bonds is 7. The number of benzene rings is 1. The van der Waals surface area contributed by atoms with E-state index >= 15 is 0 Å². The molecule has 0 bridgehead atoms. The van der Waals surface area contributed by atoms with Crippen molar-refractivity contribution >= 4 is 23.2 Å². The molecule has 1 aromatic rings. The van der Waals surface area contributed by atoms with Gasteiger partial charge in [-0.3, -0.25) is 4.79 Å². The number of carbonyl (C=O) groups is 1. The summed E-state index contributed by atoms with van der Waals surface area (Å²) in [4.78, 5) is 12.0. The highest BCUT2D eigenvalue weighted by molar-refractivity contribution is 6.31. The van der Waals surface area contributed by atoms with Crippen LogP contribution in [0.2, 0.25) is 5.02 Å². The second kappa shape index (κ2) is 8.33. The Labute approximate surface area is 134 Å². The van der Waals surface area contributed by atoms with Gasteiger partial charge in [-0.1, -0.05) is 11.6 Å². The molecule has 0 spiro atoms. The fourth-order valence-electron chi connectivity index (χ4n) is 2.16. The van der Waals surface area contributed by atoms with Gasteiger partial charge in [-0.15, -0.1) is 0 Å². The predicted octanol–water partition coefficient (Wildman–Crippen LogP) is 1.81. The van der Waals surface area contributed by atoms with E-state index in [0.717, 1.165) is 19.4 Å². The van der Waals surface area contributed by atoms with Crippen molar-refractivity contribution < 1.29 is 19.0 Å². The first-order valence-corrected chi connectivity index (χ1v) is 7.57. The lowest BCUT2D eigenvalue weighted by molar-refractivity contribution is -0.118. The second-order valence-electron chi connectivity index (χ2n) is 5.14. The molecular formula is C15H21ClN2O4. The van der Waals surface area contributed by atoms with Crippen molar-refractivity contribution in [3.05, 3.63) is 23.2 Å². The molecular weight excluding hydrogens is 308 g/mol. The summed E-state index contributed by atoms with van der Waals surface area (Å²) in [7, 11) is 1.49. The molecule has 1 fully saturated rings. The molecule has 7 heteroatoms. The zero-order valence-corrected chi connectivity index (χ0v) is 13.3. The highest BCUT2D eigenvalue weighted by atomic mass is 35.5. The maximum absolute atomic E-state index is 12.0. The average Bonchev–Trinajstić information content (AvgIpc) is 3.00. The van der Waals surface area contributed by atoms with E-state index < -0.39 is 6.04 Å². The van der Waals surface area contributed by atoms with Gasteiger partial charge in [0.2, 0.25) is 5.91 Å². The van der Waals surface area contributed by atoms with Crippen molar-refractivity contribution in [3.8, 4) is 5.75 Å². The van der Waals surface area contributed by atoms with Gasteiger partial charge in [0.1, 0.15) is 18.4 Å². The summed E-state index contributed by atoms with van der Waals surface area (Å²) in [5, 5.41) is 3.22. The summed E-state index contributed by atoms with van der Waals surface area (Å²) in [6.07, 6.45) is 2.12. The molecule has 1 aliphatic heterocycles. The third-order valence-corrected chi connectivity index (χ3v) is 3.57. The van der Waals surface area contributed by atoms with Crippen molar-refractivity contribution in [2.75, 3.05) is 32.2 Å². The molecule has 0 aromatic heterocycles. The Morgan fingerprint density at radius 3 is 3.09 bits per heavy atom. The molecule has 2 unspecified atom stereocenters. The van der Waals surface area contributed by atoms with E-state index in [2.05, 4.69) is 5.32 Å². The van der Waals surface area contributed by atoms with Crippen LogP contribution >= 0.6 is 11.6 Å². The van der Waals surface area contributed by atoms with Crippen LogP contribution in [-0.4, -0.2) is 45.0 Å². The van der Waals surface area contributed by atoms with Crippen LogP contribution in [0.1, 0.15) is 12.8 Å². The number of amides is 1.